The summed E-state index contributed by atoms with van der Waals surface area (Å²) in [6.45, 7) is 4.89. The lowest BCUT2D eigenvalue weighted by Gasteiger charge is -2.30. The van der Waals surface area contributed by atoms with Crippen LogP contribution in [0.15, 0.2) is 41.9 Å². The summed E-state index contributed by atoms with van der Waals surface area (Å²) in [7, 11) is -3.57. The number of piperidine rings is 1. The van der Waals surface area contributed by atoms with E-state index < -0.39 is 10.0 Å². The van der Waals surface area contributed by atoms with Crippen molar-refractivity contribution in [2.45, 2.75) is 43.7 Å². The first kappa shape index (κ1) is 19.3. The van der Waals surface area contributed by atoms with Gasteiger partial charge in [-0.25, -0.2) is 23.4 Å². The third-order valence-corrected chi connectivity index (χ3v) is 7.17. The number of hydrogen-bond donors (Lipinski definition) is 0. The molecule has 3 aromatic rings. The SMILES string of the molecule is CC(C)n1cnc(S(=O)(=O)N2CCC(c3ccc4cc(Cl)cnc4n3)CC2)c1. The van der Waals surface area contributed by atoms with Gasteiger partial charge in [0.2, 0.25) is 0 Å². The van der Waals surface area contributed by atoms with E-state index in [1.54, 1.807) is 23.3 Å². The smallest absolute Gasteiger partial charge is 0.262 e. The number of nitrogens with zero attached hydrogens (tertiary/aromatic N) is 5. The molecule has 1 saturated heterocycles. The predicted octanol–water partition coefficient (Wildman–Crippen LogP) is 3.63. The summed E-state index contributed by atoms with van der Waals surface area (Å²) in [6, 6.07) is 5.97. The summed E-state index contributed by atoms with van der Waals surface area (Å²) in [5, 5.41) is 1.60. The Morgan fingerprint density at radius 1 is 1.18 bits per heavy atom. The van der Waals surface area contributed by atoms with Crippen LogP contribution in [-0.4, -0.2) is 45.3 Å². The fourth-order valence-electron chi connectivity index (χ4n) is 3.48. The zero-order valence-corrected chi connectivity index (χ0v) is 17.4. The van der Waals surface area contributed by atoms with E-state index in [9.17, 15) is 8.42 Å². The largest absolute Gasteiger partial charge is 0.334 e. The Bertz CT molecular complexity index is 1100. The molecular weight excluding hydrogens is 398 g/mol. The van der Waals surface area contributed by atoms with Crippen LogP contribution >= 0.6 is 11.6 Å². The van der Waals surface area contributed by atoms with Gasteiger partial charge in [-0.2, -0.15) is 4.31 Å². The van der Waals surface area contributed by atoms with Crippen molar-refractivity contribution >= 4 is 32.7 Å². The van der Waals surface area contributed by atoms with Crippen molar-refractivity contribution in [3.05, 3.63) is 47.6 Å². The number of rotatable bonds is 4. The van der Waals surface area contributed by atoms with Crippen molar-refractivity contribution < 1.29 is 8.42 Å². The van der Waals surface area contributed by atoms with E-state index in [-0.39, 0.29) is 17.0 Å². The maximum atomic E-state index is 12.9. The molecule has 0 spiro atoms. The Balaban J connectivity index is 1.48. The number of pyridine rings is 2. The molecule has 0 bridgehead atoms. The van der Waals surface area contributed by atoms with Gasteiger partial charge in [-0.1, -0.05) is 11.6 Å². The summed E-state index contributed by atoms with van der Waals surface area (Å²) < 4.78 is 29.1. The maximum Gasteiger partial charge on any atom is 0.262 e. The first-order valence-corrected chi connectivity index (χ1v) is 11.1. The zero-order valence-electron chi connectivity index (χ0n) is 15.8. The predicted molar refractivity (Wildman–Crippen MR) is 108 cm³/mol. The number of halogens is 1. The third kappa shape index (κ3) is 3.64. The molecule has 0 amide bonds. The summed E-state index contributed by atoms with van der Waals surface area (Å²) in [5.74, 6) is 0.210. The first-order valence-electron chi connectivity index (χ1n) is 9.30. The molecular formula is C19H22ClN5O2S. The fraction of sp³-hybridized carbons (Fsp3) is 0.421. The van der Waals surface area contributed by atoms with Crippen molar-refractivity contribution in [1.82, 2.24) is 23.8 Å². The minimum Gasteiger partial charge on any atom is -0.334 e. The van der Waals surface area contributed by atoms with Crippen molar-refractivity contribution in [2.75, 3.05) is 13.1 Å². The molecule has 1 aliphatic rings. The molecule has 7 nitrogen and oxygen atoms in total. The van der Waals surface area contributed by atoms with Crippen LogP contribution < -0.4 is 0 Å². The highest BCUT2D eigenvalue weighted by Crippen LogP contribution is 2.30. The molecule has 9 heteroatoms. The quantitative estimate of drug-likeness (QED) is 0.645. The molecule has 0 aromatic carbocycles. The minimum absolute atomic E-state index is 0.115. The average molecular weight is 420 g/mol. The highest BCUT2D eigenvalue weighted by molar-refractivity contribution is 7.89. The van der Waals surface area contributed by atoms with Crippen molar-refractivity contribution in [2.24, 2.45) is 0 Å². The lowest BCUT2D eigenvalue weighted by Crippen LogP contribution is -2.38. The highest BCUT2D eigenvalue weighted by atomic mass is 35.5. The van der Waals surface area contributed by atoms with Gasteiger partial charge >= 0.3 is 0 Å². The van der Waals surface area contributed by atoms with Crippen LogP contribution in [0.25, 0.3) is 11.0 Å². The standard InChI is InChI=1S/C19H22ClN5O2S/c1-13(2)24-11-18(22-12-24)28(26,27)25-7-5-14(6-8-25)17-4-3-15-9-16(20)10-21-19(15)23-17/h3-4,9-14H,5-8H2,1-2H3. The van der Waals surface area contributed by atoms with E-state index in [1.165, 1.54) is 4.31 Å². The molecule has 4 rings (SSSR count). The number of hydrogen-bond acceptors (Lipinski definition) is 5. The van der Waals surface area contributed by atoms with Gasteiger partial charge in [-0.3, -0.25) is 0 Å². The lowest BCUT2D eigenvalue weighted by molar-refractivity contribution is 0.316. The van der Waals surface area contributed by atoms with Gasteiger partial charge in [0, 0.05) is 48.5 Å². The molecule has 3 aromatic heterocycles. The molecule has 0 atom stereocenters. The molecule has 148 valence electrons. The number of fused-ring (bicyclic) bond motifs is 1. The normalized spacial score (nSPS) is 16.9. The van der Waals surface area contributed by atoms with E-state index in [2.05, 4.69) is 15.0 Å². The molecule has 0 saturated carbocycles. The van der Waals surface area contributed by atoms with Crippen LogP contribution in [0.2, 0.25) is 5.02 Å². The molecule has 0 radical (unpaired) electrons. The Morgan fingerprint density at radius 2 is 1.93 bits per heavy atom. The Labute approximate surface area is 169 Å². The third-order valence-electron chi connectivity index (χ3n) is 5.18. The average Bonchev–Trinajstić information content (AvgIpc) is 3.19. The van der Waals surface area contributed by atoms with E-state index in [0.717, 1.165) is 23.9 Å². The molecule has 0 aliphatic carbocycles. The summed E-state index contributed by atoms with van der Waals surface area (Å²) >= 11 is 5.98. The van der Waals surface area contributed by atoms with Crippen LogP contribution in [0.3, 0.4) is 0 Å². The second kappa shape index (κ2) is 7.42. The van der Waals surface area contributed by atoms with Gasteiger partial charge in [0.1, 0.15) is 0 Å². The number of aromatic nitrogens is 4. The van der Waals surface area contributed by atoms with Gasteiger partial charge < -0.3 is 4.57 Å². The molecule has 1 aliphatic heterocycles. The van der Waals surface area contributed by atoms with E-state index in [4.69, 9.17) is 11.6 Å². The maximum absolute atomic E-state index is 12.9. The molecule has 0 N–H and O–H groups in total. The van der Waals surface area contributed by atoms with Gasteiger partial charge in [0.05, 0.1) is 11.3 Å². The van der Waals surface area contributed by atoms with E-state index >= 15 is 0 Å². The van der Waals surface area contributed by atoms with Crippen LogP contribution in [0.1, 0.15) is 44.3 Å². The van der Waals surface area contributed by atoms with Crippen molar-refractivity contribution in [3.63, 3.8) is 0 Å². The van der Waals surface area contributed by atoms with Crippen LogP contribution in [-0.2, 0) is 10.0 Å². The Hall–Kier alpha value is -2.03. The van der Waals surface area contributed by atoms with Gasteiger partial charge in [0.25, 0.3) is 10.0 Å². The Morgan fingerprint density at radius 3 is 2.61 bits per heavy atom. The van der Waals surface area contributed by atoms with Crippen molar-refractivity contribution in [1.29, 1.82) is 0 Å². The number of sulfonamides is 1. The summed E-state index contributed by atoms with van der Waals surface area (Å²) in [6.07, 6.45) is 6.20. The summed E-state index contributed by atoms with van der Waals surface area (Å²) in [4.78, 5) is 13.0. The van der Waals surface area contributed by atoms with E-state index in [0.29, 0.717) is 23.8 Å². The topological polar surface area (TPSA) is 81.0 Å². The van der Waals surface area contributed by atoms with Crippen molar-refractivity contribution in [3.8, 4) is 0 Å². The first-order chi connectivity index (χ1) is 13.3. The second-order valence-corrected chi connectivity index (χ2v) is 9.69. The highest BCUT2D eigenvalue weighted by Gasteiger charge is 2.32. The van der Waals surface area contributed by atoms with Crippen LogP contribution in [0.5, 0.6) is 0 Å². The van der Waals surface area contributed by atoms with Crippen LogP contribution in [0.4, 0.5) is 0 Å². The monoisotopic (exact) mass is 419 g/mol. The van der Waals surface area contributed by atoms with Gasteiger partial charge in [0.15, 0.2) is 10.7 Å². The number of imidazole rings is 1. The van der Waals surface area contributed by atoms with E-state index in [1.807, 2.05) is 32.0 Å². The minimum atomic E-state index is -3.57. The van der Waals surface area contributed by atoms with Crippen LogP contribution in [0, 0.1) is 0 Å². The molecule has 0 unspecified atom stereocenters. The molecule has 4 heterocycles. The fourth-order valence-corrected chi connectivity index (χ4v) is 5.04. The summed E-state index contributed by atoms with van der Waals surface area (Å²) in [5.41, 5.74) is 1.61. The second-order valence-electron chi connectivity index (χ2n) is 7.37. The van der Waals surface area contributed by atoms with Gasteiger partial charge in [-0.05, 0) is 44.9 Å². The molecule has 1 fully saturated rings. The zero-order chi connectivity index (χ0) is 19.9. The van der Waals surface area contributed by atoms with Gasteiger partial charge in [-0.15, -0.1) is 0 Å². The molecule has 28 heavy (non-hydrogen) atoms. The lowest BCUT2D eigenvalue weighted by atomic mass is 9.94. The Kier molecular flexibility index (Phi) is 5.11.